The largest absolute Gasteiger partial charge is 0.398 e. The van der Waals surface area contributed by atoms with Gasteiger partial charge in [-0.3, -0.25) is 0 Å². The van der Waals surface area contributed by atoms with Crippen LogP contribution >= 0.6 is 23.1 Å². The van der Waals surface area contributed by atoms with Crippen LogP contribution in [0.2, 0.25) is 0 Å². The predicted octanol–water partition coefficient (Wildman–Crippen LogP) is 3.35. The molecule has 0 atom stereocenters. The number of nitrogens with two attached hydrogens (primary N) is 1. The smallest absolute Gasteiger partial charge is 0.101 e. The van der Waals surface area contributed by atoms with E-state index in [1.165, 1.54) is 4.21 Å². The van der Waals surface area contributed by atoms with E-state index in [9.17, 15) is 0 Å². The van der Waals surface area contributed by atoms with E-state index in [1.54, 1.807) is 29.2 Å². The van der Waals surface area contributed by atoms with Crippen molar-refractivity contribution < 1.29 is 0 Å². The molecule has 0 radical (unpaired) electrons. The second-order valence-corrected chi connectivity index (χ2v) is 5.22. The van der Waals surface area contributed by atoms with Crippen LogP contribution in [0.4, 0.5) is 5.69 Å². The van der Waals surface area contributed by atoms with Gasteiger partial charge in [0.15, 0.2) is 0 Å². The number of nitrogen functional groups attached to an aromatic ring is 1. The summed E-state index contributed by atoms with van der Waals surface area (Å²) in [6.07, 6.45) is 0. The molecule has 0 aliphatic carbocycles. The molecule has 0 saturated carbocycles. The van der Waals surface area contributed by atoms with Gasteiger partial charge >= 0.3 is 0 Å². The molecule has 1 aromatic carbocycles. The molecule has 0 aliphatic rings. The zero-order chi connectivity index (χ0) is 10.7. The van der Waals surface area contributed by atoms with Gasteiger partial charge in [-0.05, 0) is 29.6 Å². The van der Waals surface area contributed by atoms with Crippen LogP contribution in [0, 0.1) is 11.3 Å². The summed E-state index contributed by atoms with van der Waals surface area (Å²) in [5.41, 5.74) is 6.80. The number of rotatable bonds is 2. The Morgan fingerprint density at radius 3 is 2.80 bits per heavy atom. The number of benzene rings is 1. The van der Waals surface area contributed by atoms with E-state index in [2.05, 4.69) is 6.07 Å². The van der Waals surface area contributed by atoms with Crippen LogP contribution in [0.5, 0.6) is 0 Å². The minimum atomic E-state index is 0.533. The van der Waals surface area contributed by atoms with Crippen molar-refractivity contribution in [3.05, 3.63) is 41.3 Å². The average molecular weight is 232 g/mol. The summed E-state index contributed by atoms with van der Waals surface area (Å²) in [7, 11) is 0. The zero-order valence-electron chi connectivity index (χ0n) is 7.81. The molecule has 4 heteroatoms. The van der Waals surface area contributed by atoms with E-state index in [4.69, 9.17) is 11.0 Å². The van der Waals surface area contributed by atoms with Crippen LogP contribution in [-0.2, 0) is 0 Å². The van der Waals surface area contributed by atoms with E-state index >= 15 is 0 Å². The zero-order valence-corrected chi connectivity index (χ0v) is 9.44. The second kappa shape index (κ2) is 4.39. The molecule has 0 unspecified atom stereocenters. The van der Waals surface area contributed by atoms with E-state index < -0.39 is 0 Å². The molecule has 0 aliphatic heterocycles. The number of nitrogens with zero attached hydrogens (tertiary/aromatic N) is 1. The third-order valence-electron chi connectivity index (χ3n) is 1.86. The molecule has 0 spiro atoms. The Bertz CT molecular complexity index is 498. The maximum Gasteiger partial charge on any atom is 0.101 e. The van der Waals surface area contributed by atoms with Gasteiger partial charge in [0.05, 0.1) is 15.5 Å². The molecule has 0 fully saturated rings. The average Bonchev–Trinajstić information content (AvgIpc) is 2.71. The normalized spacial score (nSPS) is 9.80. The van der Waals surface area contributed by atoms with Crippen LogP contribution in [0.25, 0.3) is 0 Å². The van der Waals surface area contributed by atoms with Crippen molar-refractivity contribution in [2.75, 3.05) is 5.73 Å². The molecular weight excluding hydrogens is 224 g/mol. The highest BCUT2D eigenvalue weighted by Gasteiger charge is 2.02. The van der Waals surface area contributed by atoms with Crippen LogP contribution in [0.1, 0.15) is 5.56 Å². The number of thiophene rings is 1. The van der Waals surface area contributed by atoms with Crippen LogP contribution in [0.3, 0.4) is 0 Å². The number of hydrogen-bond acceptors (Lipinski definition) is 4. The maximum atomic E-state index is 8.73. The third-order valence-corrected chi connectivity index (χ3v) is 3.88. The minimum Gasteiger partial charge on any atom is -0.398 e. The number of nitriles is 1. The Labute approximate surface area is 96.3 Å². The third kappa shape index (κ3) is 2.32. The molecule has 2 nitrogen and oxygen atoms in total. The molecule has 2 N–H and O–H groups in total. The summed E-state index contributed by atoms with van der Waals surface area (Å²) in [6, 6.07) is 11.6. The van der Waals surface area contributed by atoms with Gasteiger partial charge in [-0.25, -0.2) is 0 Å². The Hall–Kier alpha value is -1.44. The SMILES string of the molecule is N#Cc1ccc(Sc2cccs2)cc1N. The number of hydrogen-bond donors (Lipinski definition) is 1. The highest BCUT2D eigenvalue weighted by Crippen LogP contribution is 2.32. The Kier molecular flexibility index (Phi) is 2.95. The van der Waals surface area contributed by atoms with Gasteiger partial charge < -0.3 is 5.73 Å². The van der Waals surface area contributed by atoms with Gasteiger partial charge in [0.2, 0.25) is 0 Å². The van der Waals surface area contributed by atoms with Gasteiger partial charge in [-0.1, -0.05) is 17.8 Å². The molecule has 2 aromatic rings. The Balaban J connectivity index is 2.24. The summed E-state index contributed by atoms with van der Waals surface area (Å²) < 4.78 is 1.22. The van der Waals surface area contributed by atoms with E-state index in [0.717, 1.165) is 4.90 Å². The highest BCUT2D eigenvalue weighted by atomic mass is 32.2. The van der Waals surface area contributed by atoms with Gasteiger partial charge in [-0.2, -0.15) is 5.26 Å². The van der Waals surface area contributed by atoms with Crippen LogP contribution in [0.15, 0.2) is 44.8 Å². The quantitative estimate of drug-likeness (QED) is 0.808. The first-order valence-electron chi connectivity index (χ1n) is 4.30. The lowest BCUT2D eigenvalue weighted by molar-refractivity contribution is 1.41. The minimum absolute atomic E-state index is 0.533. The van der Waals surface area contributed by atoms with E-state index in [1.807, 2.05) is 29.6 Å². The summed E-state index contributed by atoms with van der Waals surface area (Å²) in [6.45, 7) is 0. The molecular formula is C11H8N2S2. The Morgan fingerprint density at radius 1 is 1.33 bits per heavy atom. The first-order chi connectivity index (χ1) is 7.29. The monoisotopic (exact) mass is 232 g/mol. The summed E-state index contributed by atoms with van der Waals surface area (Å²) in [5, 5.41) is 10.8. The summed E-state index contributed by atoms with van der Waals surface area (Å²) in [4.78, 5) is 1.06. The van der Waals surface area contributed by atoms with Crippen molar-refractivity contribution in [2.45, 2.75) is 9.10 Å². The van der Waals surface area contributed by atoms with Crippen LogP contribution in [-0.4, -0.2) is 0 Å². The van der Waals surface area contributed by atoms with Crippen molar-refractivity contribution in [1.82, 2.24) is 0 Å². The first kappa shape index (κ1) is 10.1. The summed E-state index contributed by atoms with van der Waals surface area (Å²) in [5.74, 6) is 0. The molecule has 0 amide bonds. The van der Waals surface area contributed by atoms with E-state index in [0.29, 0.717) is 11.3 Å². The van der Waals surface area contributed by atoms with Gasteiger partial charge in [-0.15, -0.1) is 11.3 Å². The van der Waals surface area contributed by atoms with Crippen LogP contribution < -0.4 is 5.73 Å². The van der Waals surface area contributed by atoms with Crippen molar-refractivity contribution in [2.24, 2.45) is 0 Å². The van der Waals surface area contributed by atoms with Crippen molar-refractivity contribution >= 4 is 28.8 Å². The van der Waals surface area contributed by atoms with Gasteiger partial charge in [0, 0.05) is 4.90 Å². The lowest BCUT2D eigenvalue weighted by atomic mass is 10.2. The fourth-order valence-corrected chi connectivity index (χ4v) is 2.94. The second-order valence-electron chi connectivity index (χ2n) is 2.90. The molecule has 2 rings (SSSR count). The van der Waals surface area contributed by atoms with Gasteiger partial charge in [0.1, 0.15) is 6.07 Å². The maximum absolute atomic E-state index is 8.73. The lowest BCUT2D eigenvalue weighted by Gasteiger charge is -2.01. The fourth-order valence-electron chi connectivity index (χ4n) is 1.14. The van der Waals surface area contributed by atoms with Crippen molar-refractivity contribution in [3.8, 4) is 6.07 Å². The molecule has 1 aromatic heterocycles. The Morgan fingerprint density at radius 2 is 2.20 bits per heavy atom. The standard InChI is InChI=1S/C11H8N2S2/c12-7-8-3-4-9(6-10(8)13)15-11-2-1-5-14-11/h1-6H,13H2. The van der Waals surface area contributed by atoms with E-state index in [-0.39, 0.29) is 0 Å². The lowest BCUT2D eigenvalue weighted by Crippen LogP contribution is -1.89. The fraction of sp³-hybridized carbons (Fsp3) is 0. The molecule has 74 valence electrons. The highest BCUT2D eigenvalue weighted by molar-refractivity contribution is 8.01. The molecule has 0 saturated heterocycles. The van der Waals surface area contributed by atoms with Gasteiger partial charge in [0.25, 0.3) is 0 Å². The van der Waals surface area contributed by atoms with Crippen molar-refractivity contribution in [3.63, 3.8) is 0 Å². The molecule has 0 bridgehead atoms. The predicted molar refractivity (Wildman–Crippen MR) is 64.0 cm³/mol. The molecule has 15 heavy (non-hydrogen) atoms. The first-order valence-corrected chi connectivity index (χ1v) is 6.00. The number of anilines is 1. The molecule has 1 heterocycles. The van der Waals surface area contributed by atoms with Crippen molar-refractivity contribution in [1.29, 1.82) is 5.26 Å². The topological polar surface area (TPSA) is 49.8 Å². The summed E-state index contributed by atoms with van der Waals surface area (Å²) >= 11 is 3.35.